The standard InChI is InChI=1S/C14H24N4O2S/c1-3-6-15-8-13-10(2)16-17-14(13)21(19,20)18-9-11-4-5-12(18)7-11/h11-12,15H,3-9H2,1-2H3,(H,16,17). The van der Waals surface area contributed by atoms with Crippen molar-refractivity contribution in [1.82, 2.24) is 19.8 Å². The van der Waals surface area contributed by atoms with Gasteiger partial charge >= 0.3 is 0 Å². The lowest BCUT2D eigenvalue weighted by Gasteiger charge is -2.25. The third-order valence-electron chi connectivity index (χ3n) is 4.68. The van der Waals surface area contributed by atoms with Crippen molar-refractivity contribution in [2.45, 2.75) is 57.1 Å². The molecule has 1 aromatic rings. The highest BCUT2D eigenvalue weighted by Crippen LogP contribution is 2.40. The monoisotopic (exact) mass is 312 g/mol. The van der Waals surface area contributed by atoms with Crippen LogP contribution in [0, 0.1) is 12.8 Å². The summed E-state index contributed by atoms with van der Waals surface area (Å²) in [5, 5.41) is 10.4. The van der Waals surface area contributed by atoms with E-state index in [9.17, 15) is 8.42 Å². The van der Waals surface area contributed by atoms with Crippen LogP contribution in [0.2, 0.25) is 0 Å². The van der Waals surface area contributed by atoms with Crippen LogP contribution in [-0.4, -0.2) is 42.1 Å². The lowest BCUT2D eigenvalue weighted by atomic mass is 10.1. The van der Waals surface area contributed by atoms with E-state index >= 15 is 0 Å². The fourth-order valence-electron chi connectivity index (χ4n) is 3.53. The summed E-state index contributed by atoms with van der Waals surface area (Å²) in [6.07, 6.45) is 4.21. The van der Waals surface area contributed by atoms with Gasteiger partial charge in [0, 0.05) is 30.4 Å². The van der Waals surface area contributed by atoms with Crippen molar-refractivity contribution >= 4 is 10.0 Å². The third-order valence-corrected chi connectivity index (χ3v) is 6.57. The molecule has 6 nitrogen and oxygen atoms in total. The van der Waals surface area contributed by atoms with Gasteiger partial charge in [-0.1, -0.05) is 6.92 Å². The number of aromatic amines is 1. The number of aryl methyl sites for hydroxylation is 1. The molecular formula is C14H24N4O2S. The van der Waals surface area contributed by atoms with Gasteiger partial charge in [0.2, 0.25) is 0 Å². The van der Waals surface area contributed by atoms with Crippen LogP contribution in [-0.2, 0) is 16.6 Å². The van der Waals surface area contributed by atoms with Crippen molar-refractivity contribution in [3.8, 4) is 0 Å². The van der Waals surface area contributed by atoms with Crippen LogP contribution < -0.4 is 5.32 Å². The smallest absolute Gasteiger partial charge is 0.262 e. The van der Waals surface area contributed by atoms with Crippen molar-refractivity contribution in [2.75, 3.05) is 13.1 Å². The zero-order valence-electron chi connectivity index (χ0n) is 12.7. The predicted octanol–water partition coefficient (Wildman–Crippen LogP) is 1.39. The lowest BCUT2D eigenvalue weighted by molar-refractivity contribution is 0.332. The zero-order chi connectivity index (χ0) is 15.0. The Morgan fingerprint density at radius 1 is 1.43 bits per heavy atom. The Labute approximate surface area is 126 Å². The first-order valence-corrected chi connectivity index (χ1v) is 9.24. The van der Waals surface area contributed by atoms with E-state index in [1.54, 1.807) is 4.31 Å². The SMILES string of the molecule is CCCNCc1c(S(=O)(=O)N2CC3CCC2C3)n[nH]c1C. The van der Waals surface area contributed by atoms with E-state index in [-0.39, 0.29) is 11.1 Å². The second-order valence-electron chi connectivity index (χ2n) is 6.22. The van der Waals surface area contributed by atoms with Crippen molar-refractivity contribution in [3.05, 3.63) is 11.3 Å². The molecule has 0 aromatic carbocycles. The van der Waals surface area contributed by atoms with Gasteiger partial charge in [-0.15, -0.1) is 0 Å². The molecular weight excluding hydrogens is 288 g/mol. The van der Waals surface area contributed by atoms with Gasteiger partial charge in [-0.2, -0.15) is 9.40 Å². The van der Waals surface area contributed by atoms with Crippen LogP contribution in [0.1, 0.15) is 43.9 Å². The predicted molar refractivity (Wildman–Crippen MR) is 80.3 cm³/mol. The molecule has 1 aromatic heterocycles. The molecule has 118 valence electrons. The zero-order valence-corrected chi connectivity index (χ0v) is 13.5. The normalized spacial score (nSPS) is 25.8. The van der Waals surface area contributed by atoms with E-state index in [1.165, 1.54) is 6.42 Å². The average molecular weight is 312 g/mol. The maximum absolute atomic E-state index is 12.9. The highest BCUT2D eigenvalue weighted by molar-refractivity contribution is 7.89. The first kappa shape index (κ1) is 15.0. The maximum atomic E-state index is 12.9. The van der Waals surface area contributed by atoms with E-state index in [1.807, 2.05) is 6.92 Å². The summed E-state index contributed by atoms with van der Waals surface area (Å²) in [5.74, 6) is 0.548. The van der Waals surface area contributed by atoms with Gasteiger partial charge < -0.3 is 5.32 Å². The highest BCUT2D eigenvalue weighted by Gasteiger charge is 2.45. The molecule has 1 aliphatic heterocycles. The van der Waals surface area contributed by atoms with Crippen LogP contribution in [0.3, 0.4) is 0 Å². The molecule has 2 aliphatic rings. The fraction of sp³-hybridized carbons (Fsp3) is 0.786. The Morgan fingerprint density at radius 3 is 2.86 bits per heavy atom. The average Bonchev–Trinajstić information content (AvgIpc) is 3.15. The van der Waals surface area contributed by atoms with Crippen LogP contribution in [0.15, 0.2) is 5.03 Å². The Balaban J connectivity index is 1.85. The quantitative estimate of drug-likeness (QED) is 0.778. The Kier molecular flexibility index (Phi) is 4.07. The third kappa shape index (κ3) is 2.62. The van der Waals surface area contributed by atoms with Crippen molar-refractivity contribution in [2.24, 2.45) is 5.92 Å². The van der Waals surface area contributed by atoms with Gasteiger partial charge in [0.15, 0.2) is 5.03 Å². The molecule has 2 fully saturated rings. The number of hydrogen-bond donors (Lipinski definition) is 2. The molecule has 2 heterocycles. The minimum atomic E-state index is -3.47. The minimum Gasteiger partial charge on any atom is -0.313 e. The lowest BCUT2D eigenvalue weighted by Crippen LogP contribution is -2.38. The van der Waals surface area contributed by atoms with E-state index < -0.39 is 10.0 Å². The number of sulfonamides is 1. The van der Waals surface area contributed by atoms with E-state index in [4.69, 9.17) is 0 Å². The molecule has 2 unspecified atom stereocenters. The summed E-state index contributed by atoms with van der Waals surface area (Å²) in [5.41, 5.74) is 1.62. The number of nitrogens with zero attached hydrogens (tertiary/aromatic N) is 2. The molecule has 0 amide bonds. The topological polar surface area (TPSA) is 78.1 Å². The van der Waals surface area contributed by atoms with E-state index in [0.29, 0.717) is 19.0 Å². The molecule has 1 saturated heterocycles. The Morgan fingerprint density at radius 2 is 2.24 bits per heavy atom. The largest absolute Gasteiger partial charge is 0.313 e. The molecule has 1 aliphatic carbocycles. The maximum Gasteiger partial charge on any atom is 0.262 e. The van der Waals surface area contributed by atoms with E-state index in [2.05, 4.69) is 22.4 Å². The number of aromatic nitrogens is 2. The molecule has 2 atom stereocenters. The van der Waals surface area contributed by atoms with Crippen LogP contribution in [0.25, 0.3) is 0 Å². The number of H-pyrrole nitrogens is 1. The van der Waals surface area contributed by atoms with Gasteiger partial charge in [0.1, 0.15) is 0 Å². The molecule has 2 bridgehead atoms. The second kappa shape index (κ2) is 5.70. The number of nitrogens with one attached hydrogen (secondary N) is 2. The van der Waals surface area contributed by atoms with Crippen molar-refractivity contribution < 1.29 is 8.42 Å². The number of rotatable bonds is 6. The summed E-state index contributed by atoms with van der Waals surface area (Å²) in [7, 11) is -3.47. The second-order valence-corrected chi connectivity index (χ2v) is 8.02. The molecule has 3 rings (SSSR count). The van der Waals surface area contributed by atoms with Gasteiger partial charge in [-0.05, 0) is 45.1 Å². The first-order chi connectivity index (χ1) is 10.0. The Bertz CT molecular complexity index is 610. The molecule has 0 radical (unpaired) electrons. The summed E-state index contributed by atoms with van der Waals surface area (Å²) in [4.78, 5) is 0. The molecule has 1 saturated carbocycles. The highest BCUT2D eigenvalue weighted by atomic mass is 32.2. The Hall–Kier alpha value is -0.920. The molecule has 21 heavy (non-hydrogen) atoms. The molecule has 2 N–H and O–H groups in total. The number of piperidine rings is 1. The number of hydrogen-bond acceptors (Lipinski definition) is 4. The van der Waals surface area contributed by atoms with Crippen molar-refractivity contribution in [3.63, 3.8) is 0 Å². The van der Waals surface area contributed by atoms with Gasteiger partial charge in [-0.25, -0.2) is 8.42 Å². The van der Waals surface area contributed by atoms with E-state index in [0.717, 1.165) is 37.1 Å². The summed E-state index contributed by atoms with van der Waals surface area (Å²) in [6.45, 7) is 6.06. The minimum absolute atomic E-state index is 0.188. The van der Waals surface area contributed by atoms with Gasteiger partial charge in [-0.3, -0.25) is 5.10 Å². The molecule has 0 spiro atoms. The number of fused-ring (bicyclic) bond motifs is 2. The summed E-state index contributed by atoms with van der Waals surface area (Å²) < 4.78 is 27.5. The first-order valence-electron chi connectivity index (χ1n) is 7.80. The van der Waals surface area contributed by atoms with Crippen LogP contribution >= 0.6 is 0 Å². The van der Waals surface area contributed by atoms with Crippen LogP contribution in [0.5, 0.6) is 0 Å². The molecule has 7 heteroatoms. The summed E-state index contributed by atoms with van der Waals surface area (Å²) >= 11 is 0. The fourth-order valence-corrected chi connectivity index (χ4v) is 5.44. The summed E-state index contributed by atoms with van der Waals surface area (Å²) in [6, 6.07) is 0.188. The van der Waals surface area contributed by atoms with Gasteiger partial charge in [0.25, 0.3) is 10.0 Å². The van der Waals surface area contributed by atoms with Crippen molar-refractivity contribution in [1.29, 1.82) is 0 Å². The van der Waals surface area contributed by atoms with Crippen LogP contribution in [0.4, 0.5) is 0 Å². The van der Waals surface area contributed by atoms with Gasteiger partial charge in [0.05, 0.1) is 0 Å².